The maximum absolute atomic E-state index is 12.2. The fourth-order valence-electron chi connectivity index (χ4n) is 2.11. The van der Waals surface area contributed by atoms with Gasteiger partial charge >= 0.3 is 6.03 Å². The third-order valence-electron chi connectivity index (χ3n) is 3.26. The van der Waals surface area contributed by atoms with Crippen LogP contribution in [0.5, 0.6) is 5.75 Å². The molecule has 0 aliphatic rings. The first-order valence-electron chi connectivity index (χ1n) is 7.39. The molecule has 0 saturated heterocycles. The summed E-state index contributed by atoms with van der Waals surface area (Å²) in [6.45, 7) is 5.86. The summed E-state index contributed by atoms with van der Waals surface area (Å²) in [6.07, 6.45) is 3.66. The molecule has 1 heterocycles. The molecule has 2 rings (SSSR count). The molecule has 0 spiro atoms. The number of ether oxygens (including phenoxy) is 1. The second-order valence-corrected chi connectivity index (χ2v) is 4.88. The van der Waals surface area contributed by atoms with Crippen molar-refractivity contribution in [3.8, 4) is 5.75 Å². The van der Waals surface area contributed by atoms with Gasteiger partial charge in [0, 0.05) is 37.7 Å². The Balaban J connectivity index is 1.98. The molecule has 118 valence electrons. The lowest BCUT2D eigenvalue weighted by Gasteiger charge is -2.18. The van der Waals surface area contributed by atoms with Gasteiger partial charge in [0.15, 0.2) is 0 Å². The van der Waals surface area contributed by atoms with E-state index in [0.717, 1.165) is 18.1 Å². The molecule has 1 aromatic heterocycles. The lowest BCUT2D eigenvalue weighted by atomic mass is 10.3. The Morgan fingerprint density at radius 1 is 1.41 bits per heavy atom. The average molecular weight is 302 g/mol. The SMILES string of the molecule is CCOc1cccc(NC(=O)N(C)Cc2nccn2CC)c1. The van der Waals surface area contributed by atoms with Crippen molar-refractivity contribution < 1.29 is 9.53 Å². The van der Waals surface area contributed by atoms with Crippen molar-refractivity contribution in [2.45, 2.75) is 26.9 Å². The van der Waals surface area contributed by atoms with E-state index in [1.165, 1.54) is 0 Å². The predicted molar refractivity (Wildman–Crippen MR) is 86.0 cm³/mol. The molecule has 0 bridgehead atoms. The van der Waals surface area contributed by atoms with Gasteiger partial charge in [-0.1, -0.05) is 6.07 Å². The van der Waals surface area contributed by atoms with E-state index in [1.54, 1.807) is 18.1 Å². The normalized spacial score (nSPS) is 10.3. The average Bonchev–Trinajstić information content (AvgIpc) is 2.95. The van der Waals surface area contributed by atoms with E-state index in [9.17, 15) is 4.79 Å². The van der Waals surface area contributed by atoms with E-state index in [0.29, 0.717) is 18.8 Å². The molecule has 0 aliphatic carbocycles. The molecule has 22 heavy (non-hydrogen) atoms. The van der Waals surface area contributed by atoms with Gasteiger partial charge in [0.1, 0.15) is 11.6 Å². The third kappa shape index (κ3) is 4.00. The van der Waals surface area contributed by atoms with E-state index in [-0.39, 0.29) is 6.03 Å². The monoisotopic (exact) mass is 302 g/mol. The van der Waals surface area contributed by atoms with Gasteiger partial charge in [-0.2, -0.15) is 0 Å². The Bertz CT molecular complexity index is 624. The van der Waals surface area contributed by atoms with Crippen molar-refractivity contribution in [2.75, 3.05) is 19.0 Å². The molecule has 1 N–H and O–H groups in total. The summed E-state index contributed by atoms with van der Waals surface area (Å²) >= 11 is 0. The van der Waals surface area contributed by atoms with Crippen molar-refractivity contribution in [3.05, 3.63) is 42.5 Å². The van der Waals surface area contributed by atoms with E-state index in [2.05, 4.69) is 10.3 Å². The number of nitrogens with zero attached hydrogens (tertiary/aromatic N) is 3. The van der Waals surface area contributed by atoms with E-state index in [1.807, 2.05) is 48.9 Å². The Morgan fingerprint density at radius 2 is 2.23 bits per heavy atom. The highest BCUT2D eigenvalue weighted by Crippen LogP contribution is 2.17. The highest BCUT2D eigenvalue weighted by atomic mass is 16.5. The molecule has 0 atom stereocenters. The zero-order chi connectivity index (χ0) is 15.9. The van der Waals surface area contributed by atoms with Gasteiger partial charge in [0.2, 0.25) is 0 Å². The molecule has 0 radical (unpaired) electrons. The highest BCUT2D eigenvalue weighted by Gasteiger charge is 2.12. The zero-order valence-corrected chi connectivity index (χ0v) is 13.2. The Labute approximate surface area is 130 Å². The van der Waals surface area contributed by atoms with E-state index >= 15 is 0 Å². The predicted octanol–water partition coefficient (Wildman–Crippen LogP) is 2.97. The van der Waals surface area contributed by atoms with Crippen LogP contribution in [-0.4, -0.2) is 34.1 Å². The summed E-state index contributed by atoms with van der Waals surface area (Å²) in [7, 11) is 1.75. The number of benzene rings is 1. The largest absolute Gasteiger partial charge is 0.494 e. The lowest BCUT2D eigenvalue weighted by molar-refractivity contribution is 0.219. The summed E-state index contributed by atoms with van der Waals surface area (Å²) in [5, 5.41) is 2.86. The zero-order valence-electron chi connectivity index (χ0n) is 13.2. The lowest BCUT2D eigenvalue weighted by Crippen LogP contribution is -2.31. The smallest absolute Gasteiger partial charge is 0.321 e. The minimum atomic E-state index is -0.181. The first-order chi connectivity index (χ1) is 10.6. The van der Waals surface area contributed by atoms with Crippen LogP contribution in [0.15, 0.2) is 36.7 Å². The van der Waals surface area contributed by atoms with Crippen LogP contribution in [0.2, 0.25) is 0 Å². The van der Waals surface area contributed by atoms with Crippen LogP contribution < -0.4 is 10.1 Å². The molecule has 2 amide bonds. The number of hydrogen-bond acceptors (Lipinski definition) is 3. The third-order valence-corrected chi connectivity index (χ3v) is 3.26. The number of hydrogen-bond donors (Lipinski definition) is 1. The fraction of sp³-hybridized carbons (Fsp3) is 0.375. The van der Waals surface area contributed by atoms with Crippen molar-refractivity contribution in [3.63, 3.8) is 0 Å². The van der Waals surface area contributed by atoms with Gasteiger partial charge in [0.05, 0.1) is 13.2 Å². The Hall–Kier alpha value is -2.50. The van der Waals surface area contributed by atoms with Gasteiger partial charge in [-0.15, -0.1) is 0 Å². The summed E-state index contributed by atoms with van der Waals surface area (Å²) in [5.74, 6) is 1.60. The van der Waals surface area contributed by atoms with Gasteiger partial charge in [0.25, 0.3) is 0 Å². The van der Waals surface area contributed by atoms with Gasteiger partial charge < -0.3 is 19.5 Å². The topological polar surface area (TPSA) is 59.4 Å². The number of aryl methyl sites for hydroxylation is 1. The molecule has 0 unspecified atom stereocenters. The first kappa shape index (κ1) is 15.9. The maximum atomic E-state index is 12.2. The minimum Gasteiger partial charge on any atom is -0.494 e. The Kier molecular flexibility index (Phi) is 5.41. The number of nitrogens with one attached hydrogen (secondary N) is 1. The van der Waals surface area contributed by atoms with Crippen molar-refractivity contribution >= 4 is 11.7 Å². The summed E-state index contributed by atoms with van der Waals surface area (Å²) in [5.41, 5.74) is 0.710. The quantitative estimate of drug-likeness (QED) is 0.892. The fourth-order valence-corrected chi connectivity index (χ4v) is 2.11. The molecule has 6 heteroatoms. The minimum absolute atomic E-state index is 0.181. The number of carbonyl (C=O) groups is 1. The van der Waals surface area contributed by atoms with E-state index in [4.69, 9.17) is 4.74 Å². The number of anilines is 1. The molecule has 2 aromatic rings. The van der Waals surface area contributed by atoms with Gasteiger partial charge in [-0.3, -0.25) is 0 Å². The number of rotatable bonds is 6. The molecule has 1 aromatic carbocycles. The standard InChI is InChI=1S/C16H22N4O2/c1-4-20-10-9-17-15(20)12-19(3)16(21)18-13-7-6-8-14(11-13)22-5-2/h6-11H,4-5,12H2,1-3H3,(H,18,21). The molecular weight excluding hydrogens is 280 g/mol. The summed E-state index contributed by atoms with van der Waals surface area (Å²) < 4.78 is 7.44. The summed E-state index contributed by atoms with van der Waals surface area (Å²) in [4.78, 5) is 18.1. The van der Waals surface area contributed by atoms with Crippen LogP contribution >= 0.6 is 0 Å². The molecule has 0 aliphatic heterocycles. The van der Waals surface area contributed by atoms with Crippen molar-refractivity contribution in [1.82, 2.24) is 14.5 Å². The van der Waals surface area contributed by atoms with Crippen LogP contribution in [0.25, 0.3) is 0 Å². The Morgan fingerprint density at radius 3 is 2.95 bits per heavy atom. The van der Waals surface area contributed by atoms with E-state index < -0.39 is 0 Å². The number of urea groups is 1. The number of carbonyl (C=O) groups excluding carboxylic acids is 1. The van der Waals surface area contributed by atoms with Crippen LogP contribution in [0.1, 0.15) is 19.7 Å². The second kappa shape index (κ2) is 7.49. The molecule has 0 saturated carbocycles. The molecular formula is C16H22N4O2. The van der Waals surface area contributed by atoms with Crippen molar-refractivity contribution in [2.24, 2.45) is 0 Å². The number of aromatic nitrogens is 2. The van der Waals surface area contributed by atoms with Crippen LogP contribution in [0.3, 0.4) is 0 Å². The maximum Gasteiger partial charge on any atom is 0.321 e. The number of imidazole rings is 1. The highest BCUT2D eigenvalue weighted by molar-refractivity contribution is 5.89. The van der Waals surface area contributed by atoms with Gasteiger partial charge in [-0.05, 0) is 26.0 Å². The van der Waals surface area contributed by atoms with Crippen LogP contribution in [0, 0.1) is 0 Å². The second-order valence-electron chi connectivity index (χ2n) is 4.88. The van der Waals surface area contributed by atoms with Crippen LogP contribution in [-0.2, 0) is 13.1 Å². The van der Waals surface area contributed by atoms with Crippen molar-refractivity contribution in [1.29, 1.82) is 0 Å². The summed E-state index contributed by atoms with van der Waals surface area (Å²) in [6, 6.07) is 7.17. The number of amides is 2. The van der Waals surface area contributed by atoms with Crippen LogP contribution in [0.4, 0.5) is 10.5 Å². The first-order valence-corrected chi connectivity index (χ1v) is 7.39. The molecule has 0 fully saturated rings. The van der Waals surface area contributed by atoms with Gasteiger partial charge in [-0.25, -0.2) is 9.78 Å². The molecule has 6 nitrogen and oxygen atoms in total.